The minimum Gasteiger partial charge on any atom is -0.385 e. The van der Waals surface area contributed by atoms with E-state index >= 15 is 0 Å². The minimum absolute atomic E-state index is 0.508. The average Bonchev–Trinajstić information content (AvgIpc) is 3.17. The van der Waals surface area contributed by atoms with E-state index < -0.39 is 5.60 Å². The van der Waals surface area contributed by atoms with Gasteiger partial charge in [0.25, 0.3) is 0 Å². The van der Waals surface area contributed by atoms with Crippen molar-refractivity contribution in [3.63, 3.8) is 0 Å². The van der Waals surface area contributed by atoms with E-state index in [1.807, 2.05) is 0 Å². The van der Waals surface area contributed by atoms with E-state index in [9.17, 15) is 5.11 Å². The first-order chi connectivity index (χ1) is 12.2. The molecule has 128 valence electrons. The third-order valence-corrected chi connectivity index (χ3v) is 6.49. The molecule has 2 unspecified atom stereocenters. The number of fused-ring (bicyclic) bond motifs is 3. The number of aliphatic hydroxyl groups is 1. The molecule has 2 fully saturated rings. The van der Waals surface area contributed by atoms with Gasteiger partial charge in [0.2, 0.25) is 0 Å². The van der Waals surface area contributed by atoms with Crippen LogP contribution in [0.5, 0.6) is 0 Å². The summed E-state index contributed by atoms with van der Waals surface area (Å²) in [4.78, 5) is 2.65. The van der Waals surface area contributed by atoms with Crippen LogP contribution in [-0.4, -0.2) is 27.7 Å². The van der Waals surface area contributed by atoms with Crippen LogP contribution < -0.4 is 0 Å². The fraction of sp³-hybridized carbons (Fsp3) is 0.391. The summed E-state index contributed by atoms with van der Waals surface area (Å²) in [7, 11) is 0. The third kappa shape index (κ3) is 2.65. The van der Waals surface area contributed by atoms with E-state index in [2.05, 4.69) is 65.6 Å². The summed E-state index contributed by atoms with van der Waals surface area (Å²) in [6.45, 7) is 1.02. The Morgan fingerprint density at radius 2 is 1.60 bits per heavy atom. The van der Waals surface area contributed by atoms with Gasteiger partial charge in [0, 0.05) is 18.6 Å². The lowest BCUT2D eigenvalue weighted by molar-refractivity contribution is -0.0290. The summed E-state index contributed by atoms with van der Waals surface area (Å²) in [6.07, 6.45) is 7.39. The van der Waals surface area contributed by atoms with Gasteiger partial charge in [-0.25, -0.2) is 0 Å². The summed E-state index contributed by atoms with van der Waals surface area (Å²) in [5, 5.41) is 11.5. The van der Waals surface area contributed by atoms with Gasteiger partial charge in [-0.1, -0.05) is 60.7 Å². The van der Waals surface area contributed by atoms with Gasteiger partial charge < -0.3 is 5.11 Å². The van der Waals surface area contributed by atoms with Gasteiger partial charge in [0.05, 0.1) is 5.60 Å². The van der Waals surface area contributed by atoms with Crippen LogP contribution in [0.3, 0.4) is 0 Å². The van der Waals surface area contributed by atoms with E-state index in [0.29, 0.717) is 12.1 Å². The largest absolute Gasteiger partial charge is 0.385 e. The lowest BCUT2D eigenvalue weighted by atomic mass is 9.79. The highest BCUT2D eigenvalue weighted by molar-refractivity contribution is 5.65. The van der Waals surface area contributed by atoms with Gasteiger partial charge in [-0.2, -0.15) is 0 Å². The van der Waals surface area contributed by atoms with E-state index in [1.165, 1.54) is 35.1 Å². The first kappa shape index (κ1) is 15.4. The SMILES string of the molecule is OC1(C2=Cc3ccccc3C2)CC2CCC(C1)N2Cc1ccccc1. The van der Waals surface area contributed by atoms with E-state index in [0.717, 1.165) is 25.8 Å². The van der Waals surface area contributed by atoms with Crippen LogP contribution in [0, 0.1) is 0 Å². The van der Waals surface area contributed by atoms with Crippen LogP contribution in [0.25, 0.3) is 6.08 Å². The molecule has 1 aliphatic carbocycles. The number of benzene rings is 2. The van der Waals surface area contributed by atoms with Gasteiger partial charge in [-0.15, -0.1) is 0 Å². The summed E-state index contributed by atoms with van der Waals surface area (Å²) >= 11 is 0. The maximum atomic E-state index is 11.5. The molecule has 0 saturated carbocycles. The maximum Gasteiger partial charge on any atom is 0.0893 e. The molecule has 2 aromatic rings. The van der Waals surface area contributed by atoms with Crippen molar-refractivity contribution in [1.29, 1.82) is 0 Å². The molecule has 2 heterocycles. The highest BCUT2D eigenvalue weighted by Gasteiger charge is 2.49. The summed E-state index contributed by atoms with van der Waals surface area (Å²) in [5.41, 5.74) is 4.68. The molecule has 2 atom stereocenters. The van der Waals surface area contributed by atoms with Crippen molar-refractivity contribution >= 4 is 6.08 Å². The molecular formula is C23H25NO. The Morgan fingerprint density at radius 3 is 2.32 bits per heavy atom. The summed E-state index contributed by atoms with van der Waals surface area (Å²) in [6, 6.07) is 20.3. The van der Waals surface area contributed by atoms with Crippen LogP contribution >= 0.6 is 0 Å². The molecule has 0 amide bonds. The van der Waals surface area contributed by atoms with Crippen LogP contribution in [0.2, 0.25) is 0 Å². The molecule has 2 aromatic carbocycles. The smallest absolute Gasteiger partial charge is 0.0893 e. The summed E-state index contributed by atoms with van der Waals surface area (Å²) < 4.78 is 0. The zero-order chi connectivity index (χ0) is 16.9. The minimum atomic E-state index is -0.613. The molecule has 3 aliphatic rings. The number of piperidine rings is 1. The first-order valence-corrected chi connectivity index (χ1v) is 9.52. The highest BCUT2D eigenvalue weighted by Crippen LogP contribution is 2.47. The van der Waals surface area contributed by atoms with Crippen LogP contribution in [0.4, 0.5) is 0 Å². The normalized spacial score (nSPS) is 31.0. The lowest BCUT2D eigenvalue weighted by Crippen LogP contribution is -2.51. The molecule has 5 rings (SSSR count). The second-order valence-corrected chi connectivity index (χ2v) is 8.03. The Balaban J connectivity index is 1.36. The van der Waals surface area contributed by atoms with Gasteiger partial charge in [-0.3, -0.25) is 4.90 Å². The molecule has 25 heavy (non-hydrogen) atoms. The average molecular weight is 331 g/mol. The second-order valence-electron chi connectivity index (χ2n) is 8.03. The molecule has 0 radical (unpaired) electrons. The molecule has 2 bridgehead atoms. The topological polar surface area (TPSA) is 23.5 Å². The van der Waals surface area contributed by atoms with Gasteiger partial charge >= 0.3 is 0 Å². The Hall–Kier alpha value is -1.90. The lowest BCUT2D eigenvalue weighted by Gasteiger charge is -2.44. The van der Waals surface area contributed by atoms with E-state index in [1.54, 1.807) is 0 Å². The predicted molar refractivity (Wildman–Crippen MR) is 101 cm³/mol. The van der Waals surface area contributed by atoms with Crippen LogP contribution in [-0.2, 0) is 13.0 Å². The Labute approximate surface area is 149 Å². The van der Waals surface area contributed by atoms with Crippen LogP contribution in [0.1, 0.15) is 42.4 Å². The number of nitrogens with zero attached hydrogens (tertiary/aromatic N) is 1. The Morgan fingerprint density at radius 1 is 0.920 bits per heavy atom. The molecule has 2 saturated heterocycles. The number of hydrogen-bond donors (Lipinski definition) is 1. The maximum absolute atomic E-state index is 11.5. The predicted octanol–water partition coefficient (Wildman–Crippen LogP) is 4.18. The van der Waals surface area contributed by atoms with Crippen LogP contribution in [0.15, 0.2) is 60.2 Å². The molecule has 0 aromatic heterocycles. The standard InChI is InChI=1S/C23H25NO/c25-23(20-12-18-8-4-5-9-19(18)13-20)14-21-10-11-22(15-23)24(21)16-17-6-2-1-3-7-17/h1-9,12,21-22,25H,10-11,13-16H2. The molecular weight excluding hydrogens is 306 g/mol. The first-order valence-electron chi connectivity index (χ1n) is 9.52. The quantitative estimate of drug-likeness (QED) is 0.912. The Bertz CT molecular complexity index is 796. The molecule has 2 heteroatoms. The second kappa shape index (κ2) is 5.82. The monoisotopic (exact) mass is 331 g/mol. The molecule has 0 spiro atoms. The van der Waals surface area contributed by atoms with Gasteiger partial charge in [0.1, 0.15) is 0 Å². The van der Waals surface area contributed by atoms with Crippen molar-refractivity contribution in [2.24, 2.45) is 0 Å². The zero-order valence-electron chi connectivity index (χ0n) is 14.6. The van der Waals surface area contributed by atoms with Crippen molar-refractivity contribution in [2.45, 2.75) is 56.3 Å². The van der Waals surface area contributed by atoms with Crippen molar-refractivity contribution in [3.05, 3.63) is 76.9 Å². The van der Waals surface area contributed by atoms with E-state index in [-0.39, 0.29) is 0 Å². The molecule has 2 nitrogen and oxygen atoms in total. The highest BCUT2D eigenvalue weighted by atomic mass is 16.3. The fourth-order valence-electron chi connectivity index (χ4n) is 5.21. The molecule has 1 N–H and O–H groups in total. The van der Waals surface area contributed by atoms with E-state index in [4.69, 9.17) is 0 Å². The fourth-order valence-corrected chi connectivity index (χ4v) is 5.21. The third-order valence-electron chi connectivity index (χ3n) is 6.49. The number of hydrogen-bond acceptors (Lipinski definition) is 2. The zero-order valence-corrected chi connectivity index (χ0v) is 14.6. The van der Waals surface area contributed by atoms with Gasteiger partial charge in [-0.05, 0) is 54.4 Å². The van der Waals surface area contributed by atoms with Crippen molar-refractivity contribution in [3.8, 4) is 0 Å². The summed E-state index contributed by atoms with van der Waals surface area (Å²) in [5.74, 6) is 0. The van der Waals surface area contributed by atoms with Crippen molar-refractivity contribution in [2.75, 3.05) is 0 Å². The Kier molecular flexibility index (Phi) is 3.58. The van der Waals surface area contributed by atoms with Crippen molar-refractivity contribution < 1.29 is 5.11 Å². The van der Waals surface area contributed by atoms with Crippen molar-refractivity contribution in [1.82, 2.24) is 4.90 Å². The number of rotatable bonds is 3. The van der Waals surface area contributed by atoms with Gasteiger partial charge in [0.15, 0.2) is 0 Å². The molecule has 2 aliphatic heterocycles.